The molecule has 0 radical (unpaired) electrons. The second-order valence-electron chi connectivity index (χ2n) is 21.0. The molecule has 538 valence electrons. The number of morpholine rings is 2. The van der Waals surface area contributed by atoms with Crippen molar-refractivity contribution in [2.24, 2.45) is 0 Å². The van der Waals surface area contributed by atoms with Crippen molar-refractivity contribution in [2.45, 2.75) is 135 Å². The van der Waals surface area contributed by atoms with Crippen LogP contribution in [0.25, 0.3) is 0 Å². The van der Waals surface area contributed by atoms with E-state index in [9.17, 15) is 48.3 Å². The number of esters is 9. The molecule has 0 aromatic carbocycles. The number of likely N-dealkylation sites (N-methyl/N-ethyl adjacent to an activating group) is 1. The lowest BCUT2D eigenvalue weighted by Crippen LogP contribution is -2.42. The van der Waals surface area contributed by atoms with Gasteiger partial charge < -0.3 is 82.1 Å². The third kappa shape index (κ3) is 114. The fraction of sp³-hybridized carbons (Fsp3) is 0.852. The number of nitrogens with zero attached hydrogens (tertiary/aromatic N) is 6. The SMILES string of the molecule is C.CC(=O)OC(C)(C)C.CC(=O)OCC(O)CN1CCOCC1.CC(=O)OCCCCN(C)C.CC(=O)OCCCN(C)C.CC(=O)OCCN(C)C.CC(=O)OCCN(CCO)CCO.CC(=O)OCCN1CCOCC1.CCCOC(C)=O.COC(C)=O. The summed E-state index contributed by atoms with van der Waals surface area (Å²) in [6, 6.07) is 0. The van der Waals surface area contributed by atoms with Crippen molar-refractivity contribution in [2.75, 3.05) is 214 Å². The minimum atomic E-state index is -0.600. The highest BCUT2D eigenvalue weighted by atomic mass is 16.6. The Labute approximate surface area is 540 Å². The average Bonchev–Trinajstić information content (AvgIpc) is 3.66. The van der Waals surface area contributed by atoms with Crippen molar-refractivity contribution in [3.8, 4) is 0 Å². The third-order valence-electron chi connectivity index (χ3n) is 9.86. The van der Waals surface area contributed by atoms with E-state index in [4.69, 9.17) is 48.1 Å². The summed E-state index contributed by atoms with van der Waals surface area (Å²) in [5.41, 5.74) is -0.328. The maximum absolute atomic E-state index is 10.5. The second-order valence-corrected chi connectivity index (χ2v) is 21.0. The number of methoxy groups -OCH3 is 1. The highest BCUT2D eigenvalue weighted by molar-refractivity contribution is 5.68. The van der Waals surface area contributed by atoms with E-state index >= 15 is 0 Å². The molecule has 0 aromatic rings. The molecule has 0 bridgehead atoms. The molecule has 1 atom stereocenters. The van der Waals surface area contributed by atoms with E-state index in [0.717, 1.165) is 91.3 Å². The van der Waals surface area contributed by atoms with Crippen LogP contribution in [0, 0.1) is 0 Å². The maximum Gasteiger partial charge on any atom is 0.303 e. The van der Waals surface area contributed by atoms with Gasteiger partial charge in [-0.1, -0.05) is 14.4 Å². The smallest absolute Gasteiger partial charge is 0.303 e. The van der Waals surface area contributed by atoms with Gasteiger partial charge in [0.2, 0.25) is 0 Å². The normalized spacial score (nSPS) is 12.6. The Hall–Kier alpha value is -5.21. The third-order valence-corrected chi connectivity index (χ3v) is 9.86. The number of carbonyl (C=O) groups excluding carboxylic acids is 9. The number of β-amino-alcohol motifs (C(OH)–C–C–N with tert-alkyl or cyclic N) is 1. The van der Waals surface area contributed by atoms with Crippen molar-refractivity contribution in [3.63, 3.8) is 0 Å². The number of aliphatic hydroxyl groups is 3. The Bertz CT molecular complexity index is 1710. The molecule has 90 heavy (non-hydrogen) atoms. The van der Waals surface area contributed by atoms with Crippen molar-refractivity contribution >= 4 is 53.7 Å². The standard InChI is InChI=1S/C9H17NO4.C8H17NO4.C8H15NO3.C8H17NO2.C7H15NO2.C6H13NO2.C6H12O2.C5H10O2.C3H6O2.CH4/c1-8(11)14-7-9(12)6-10-2-4-13-5-3-10;1-8(12)13-7-4-9(2-5-10)3-6-11;1-8(10)12-7-4-9-2-5-11-6-3-9;1-8(10)11-7-5-4-6-9(2)3;1-7(9)10-6-4-5-8(2)3;1-6(8)9-5-4-7(2)3;1-5(7)8-6(2,3)4;1-3-4-7-5(2)6;1-3(4)5-2;/h9,12H,2-7H2,1H3;10-11H,2-7H2,1H3;2-7H2,1H3;4-7H2,1-3H3;4-6H2,1-3H3;4-5H2,1-3H3;1-4H3;3-4H2,1-2H3;1-2H3;1H4. The van der Waals surface area contributed by atoms with Gasteiger partial charge in [-0.05, 0) is 95.3 Å². The molecular weight excluding hydrogens is 1180 g/mol. The fourth-order valence-electron chi connectivity index (χ4n) is 5.82. The Morgan fingerprint density at radius 2 is 0.800 bits per heavy atom. The minimum Gasteiger partial charge on any atom is -0.469 e. The van der Waals surface area contributed by atoms with Gasteiger partial charge in [-0.25, -0.2) is 0 Å². The van der Waals surface area contributed by atoms with Crippen LogP contribution in [0.2, 0.25) is 0 Å². The number of hydrogen-bond donors (Lipinski definition) is 3. The summed E-state index contributed by atoms with van der Waals surface area (Å²) in [6.45, 7) is 35.4. The largest absolute Gasteiger partial charge is 0.469 e. The molecule has 29 heteroatoms. The van der Waals surface area contributed by atoms with E-state index in [0.29, 0.717) is 79.0 Å². The summed E-state index contributed by atoms with van der Waals surface area (Å²) in [5.74, 6) is -2.13. The molecule has 2 aliphatic rings. The molecule has 2 rings (SSSR count). The van der Waals surface area contributed by atoms with Gasteiger partial charge in [0.05, 0.1) is 66.6 Å². The predicted octanol–water partition coefficient (Wildman–Crippen LogP) is 2.59. The molecule has 1 unspecified atom stereocenters. The molecule has 2 saturated heterocycles. The van der Waals surface area contributed by atoms with Crippen LogP contribution in [0.15, 0.2) is 0 Å². The lowest BCUT2D eigenvalue weighted by atomic mass is 10.2. The monoisotopic (exact) mass is 1310 g/mol. The number of rotatable bonds is 28. The van der Waals surface area contributed by atoms with Crippen LogP contribution in [0.3, 0.4) is 0 Å². The number of ether oxygens (including phenoxy) is 11. The fourth-order valence-corrected chi connectivity index (χ4v) is 5.82. The van der Waals surface area contributed by atoms with Crippen LogP contribution in [-0.4, -0.2) is 324 Å². The Kier molecular flexibility index (Phi) is 81.7. The molecule has 0 aromatic heterocycles. The quantitative estimate of drug-likeness (QED) is 0.0576. The van der Waals surface area contributed by atoms with E-state index in [1.807, 2.05) is 79.8 Å². The topological polar surface area (TPSA) is 335 Å². The molecule has 2 heterocycles. The number of carbonyl (C=O) groups is 9. The number of hydrogen-bond acceptors (Lipinski definition) is 29. The minimum absolute atomic E-state index is 0. The number of unbranched alkanes of at least 4 members (excludes halogenated alkanes) is 1. The van der Waals surface area contributed by atoms with Crippen LogP contribution in [0.1, 0.15) is 123 Å². The zero-order valence-corrected chi connectivity index (χ0v) is 58.3. The van der Waals surface area contributed by atoms with Crippen molar-refractivity contribution in [3.05, 3.63) is 0 Å². The van der Waals surface area contributed by atoms with Crippen LogP contribution >= 0.6 is 0 Å². The molecule has 0 spiro atoms. The van der Waals surface area contributed by atoms with Gasteiger partial charge in [0.1, 0.15) is 38.1 Å². The first-order valence-corrected chi connectivity index (χ1v) is 29.9. The van der Waals surface area contributed by atoms with Gasteiger partial charge in [-0.2, -0.15) is 0 Å². The zero-order chi connectivity index (χ0) is 70.0. The van der Waals surface area contributed by atoms with Crippen LogP contribution < -0.4 is 0 Å². The van der Waals surface area contributed by atoms with Gasteiger partial charge in [-0.3, -0.25) is 57.9 Å². The van der Waals surface area contributed by atoms with Crippen LogP contribution in [0.4, 0.5) is 0 Å². The summed E-state index contributed by atoms with van der Waals surface area (Å²) >= 11 is 0. The van der Waals surface area contributed by atoms with Crippen LogP contribution in [0.5, 0.6) is 0 Å². The molecule has 2 aliphatic heterocycles. The second kappa shape index (κ2) is 72.8. The summed E-state index contributed by atoms with van der Waals surface area (Å²) in [4.78, 5) is 104. The van der Waals surface area contributed by atoms with E-state index in [1.165, 1.54) is 69.4 Å². The van der Waals surface area contributed by atoms with Crippen molar-refractivity contribution in [1.82, 2.24) is 29.4 Å². The Morgan fingerprint density at radius 3 is 1.12 bits per heavy atom. The Morgan fingerprint density at radius 1 is 0.456 bits per heavy atom. The van der Waals surface area contributed by atoms with Gasteiger partial charge >= 0.3 is 53.7 Å². The molecule has 0 amide bonds. The van der Waals surface area contributed by atoms with E-state index < -0.39 is 6.10 Å². The number of aliphatic hydroxyl groups excluding tert-OH is 3. The lowest BCUT2D eigenvalue weighted by molar-refractivity contribution is -0.152. The first-order valence-electron chi connectivity index (χ1n) is 29.9. The Balaban J connectivity index is -0.000000142. The first-order chi connectivity index (χ1) is 41.5. The van der Waals surface area contributed by atoms with Gasteiger partial charge in [-0.15, -0.1) is 0 Å². The molecule has 2 fully saturated rings. The summed E-state index contributed by atoms with van der Waals surface area (Å²) in [5, 5.41) is 26.8. The summed E-state index contributed by atoms with van der Waals surface area (Å²) in [6.07, 6.45) is 3.25. The molecule has 0 aliphatic carbocycles. The van der Waals surface area contributed by atoms with Gasteiger partial charge in [0, 0.05) is 134 Å². The highest BCUT2D eigenvalue weighted by Gasteiger charge is 2.16. The van der Waals surface area contributed by atoms with Crippen LogP contribution in [-0.2, 0) is 95.3 Å². The molecular formula is C61H126N6O23. The molecule has 0 saturated carbocycles. The molecule has 3 N–H and O–H groups in total. The van der Waals surface area contributed by atoms with Crippen molar-refractivity contribution in [1.29, 1.82) is 0 Å². The van der Waals surface area contributed by atoms with Gasteiger partial charge in [0.25, 0.3) is 0 Å². The van der Waals surface area contributed by atoms with Crippen molar-refractivity contribution < 1.29 is 111 Å². The highest BCUT2D eigenvalue weighted by Crippen LogP contribution is 2.06. The molecule has 29 nitrogen and oxygen atoms in total. The first kappa shape index (κ1) is 101. The van der Waals surface area contributed by atoms with Gasteiger partial charge in [0.15, 0.2) is 0 Å². The predicted molar refractivity (Wildman–Crippen MR) is 343 cm³/mol. The summed E-state index contributed by atoms with van der Waals surface area (Å²) < 4.78 is 52.2. The maximum atomic E-state index is 10.5. The van der Waals surface area contributed by atoms with E-state index in [2.05, 4.69) is 33.8 Å². The average molecular weight is 1310 g/mol. The summed E-state index contributed by atoms with van der Waals surface area (Å²) in [7, 11) is 13.3. The van der Waals surface area contributed by atoms with E-state index in [1.54, 1.807) is 0 Å². The van der Waals surface area contributed by atoms with E-state index in [-0.39, 0.29) is 86.6 Å². The lowest BCUT2D eigenvalue weighted by Gasteiger charge is -2.28. The zero-order valence-electron chi connectivity index (χ0n) is 58.3.